The van der Waals surface area contributed by atoms with Crippen LogP contribution >= 0.6 is 11.6 Å². The molecule has 10 heteroatoms. The molecule has 0 unspecified atom stereocenters. The van der Waals surface area contributed by atoms with Crippen LogP contribution in [-0.2, 0) is 20.8 Å². The Morgan fingerprint density at radius 2 is 1.46 bits per heavy atom. The van der Waals surface area contributed by atoms with Gasteiger partial charge in [-0.25, -0.2) is 24.8 Å². The normalized spacial score (nSPS) is 12.5. The fourth-order valence-corrected chi connectivity index (χ4v) is 3.23. The second kappa shape index (κ2) is 13.4. The fourth-order valence-electron chi connectivity index (χ4n) is 3.10. The second-order valence-electron chi connectivity index (χ2n) is 8.34. The quantitative estimate of drug-likeness (QED) is 0.357. The van der Waals surface area contributed by atoms with E-state index in [1.807, 2.05) is 30.3 Å². The summed E-state index contributed by atoms with van der Waals surface area (Å²) in [7, 11) is 0. The highest BCUT2D eigenvalue weighted by atomic mass is 35.5. The van der Waals surface area contributed by atoms with E-state index < -0.39 is 42.6 Å². The van der Waals surface area contributed by atoms with Crippen molar-refractivity contribution in [3.05, 3.63) is 70.7 Å². The summed E-state index contributed by atoms with van der Waals surface area (Å²) in [6.07, 6.45) is -3.22. The van der Waals surface area contributed by atoms with Crippen molar-refractivity contribution in [1.82, 2.24) is 15.8 Å². The van der Waals surface area contributed by atoms with Crippen LogP contribution in [0.3, 0.4) is 0 Å². The third kappa shape index (κ3) is 9.36. The first kappa shape index (κ1) is 27.8. The first-order valence-corrected chi connectivity index (χ1v) is 11.6. The third-order valence-electron chi connectivity index (χ3n) is 4.69. The van der Waals surface area contributed by atoms with Crippen molar-refractivity contribution in [2.75, 3.05) is 0 Å². The number of benzene rings is 2. The molecule has 0 spiro atoms. The molecular formula is C25H32ClN3O6. The Kier molecular flexibility index (Phi) is 10.7. The summed E-state index contributed by atoms with van der Waals surface area (Å²) in [4.78, 5) is 37.9. The Bertz CT molecular complexity index is 969. The van der Waals surface area contributed by atoms with Gasteiger partial charge in [-0.05, 0) is 57.9 Å². The number of rotatable bonds is 8. The van der Waals surface area contributed by atoms with Crippen LogP contribution < -0.4 is 10.7 Å². The molecule has 0 aromatic heterocycles. The maximum Gasteiger partial charge on any atom is 0.429 e. The summed E-state index contributed by atoms with van der Waals surface area (Å²) in [5, 5.41) is 4.27. The van der Waals surface area contributed by atoms with Gasteiger partial charge in [0, 0.05) is 5.02 Å². The number of halogens is 1. The minimum Gasteiger partial charge on any atom is -0.446 e. The Hall–Kier alpha value is -3.46. The van der Waals surface area contributed by atoms with Gasteiger partial charge >= 0.3 is 18.3 Å². The van der Waals surface area contributed by atoms with Crippen LogP contribution in [0.15, 0.2) is 54.6 Å². The van der Waals surface area contributed by atoms with E-state index in [1.54, 1.807) is 58.9 Å². The fraction of sp³-hybridized carbons (Fsp3) is 0.400. The zero-order chi connectivity index (χ0) is 26.0. The summed E-state index contributed by atoms with van der Waals surface area (Å²) in [6, 6.07) is 14.3. The van der Waals surface area contributed by atoms with Gasteiger partial charge in [0.05, 0.1) is 24.3 Å². The van der Waals surface area contributed by atoms with Crippen LogP contribution in [0.1, 0.15) is 51.8 Å². The molecule has 0 heterocycles. The molecule has 0 saturated carbocycles. The average Bonchev–Trinajstić information content (AvgIpc) is 2.79. The SMILES string of the molecule is CC(C)OC(=O)NN(C(=O)OC(C)C)[C@H](C)[C@H](NC(=O)OCc1ccccc1)c1ccc(Cl)cc1. The van der Waals surface area contributed by atoms with Gasteiger partial charge in [-0.1, -0.05) is 54.1 Å². The smallest absolute Gasteiger partial charge is 0.429 e. The predicted octanol–water partition coefficient (Wildman–Crippen LogP) is 5.59. The average molecular weight is 506 g/mol. The summed E-state index contributed by atoms with van der Waals surface area (Å²) < 4.78 is 15.8. The molecule has 0 aliphatic carbocycles. The van der Waals surface area contributed by atoms with Gasteiger partial charge in [-0.2, -0.15) is 0 Å². The standard InChI is InChI=1S/C25H32ClN3O6/c1-16(2)34-24(31)28-29(25(32)35-17(3)4)18(5)22(20-11-13-21(26)14-12-20)27-23(30)33-15-19-9-7-6-8-10-19/h6-14,16-18,22H,15H2,1-5H3,(H,27,30)(H,28,31)/t18-,22+/m1/s1. The first-order chi connectivity index (χ1) is 16.6. The van der Waals surface area contributed by atoms with Gasteiger partial charge < -0.3 is 19.5 Å². The topological polar surface area (TPSA) is 106 Å². The molecule has 2 aromatic rings. The molecule has 0 aliphatic heterocycles. The lowest BCUT2D eigenvalue weighted by Gasteiger charge is -2.34. The summed E-state index contributed by atoms with van der Waals surface area (Å²) >= 11 is 6.04. The number of nitrogens with one attached hydrogen (secondary N) is 2. The summed E-state index contributed by atoms with van der Waals surface area (Å²) in [5.41, 5.74) is 3.87. The first-order valence-electron chi connectivity index (χ1n) is 11.3. The van der Waals surface area contributed by atoms with Gasteiger partial charge in [-0.3, -0.25) is 0 Å². The van der Waals surface area contributed by atoms with Gasteiger partial charge in [0.2, 0.25) is 0 Å². The number of hydrazine groups is 1. The Labute approximate surface area is 210 Å². The molecule has 2 N–H and O–H groups in total. The lowest BCUT2D eigenvalue weighted by atomic mass is 10.0. The lowest BCUT2D eigenvalue weighted by Crippen LogP contribution is -2.56. The molecule has 2 rings (SSSR count). The molecule has 3 amide bonds. The second-order valence-corrected chi connectivity index (χ2v) is 8.78. The van der Waals surface area contributed by atoms with Gasteiger partial charge in [0.15, 0.2) is 0 Å². The van der Waals surface area contributed by atoms with E-state index in [9.17, 15) is 14.4 Å². The van der Waals surface area contributed by atoms with Crippen LogP contribution in [0.2, 0.25) is 5.02 Å². The van der Waals surface area contributed by atoms with Crippen molar-refractivity contribution in [3.8, 4) is 0 Å². The van der Waals surface area contributed by atoms with Crippen molar-refractivity contribution in [3.63, 3.8) is 0 Å². The minimum absolute atomic E-state index is 0.0620. The zero-order valence-corrected chi connectivity index (χ0v) is 21.2. The number of carbonyl (C=O) groups excluding carboxylic acids is 3. The number of alkyl carbamates (subject to hydrolysis) is 1. The van der Waals surface area contributed by atoms with E-state index in [-0.39, 0.29) is 6.61 Å². The minimum atomic E-state index is -0.839. The van der Waals surface area contributed by atoms with Gasteiger partial charge in [0.1, 0.15) is 6.61 Å². The number of hydrogen-bond acceptors (Lipinski definition) is 6. The number of hydrogen-bond donors (Lipinski definition) is 2. The monoisotopic (exact) mass is 505 g/mol. The maximum atomic E-state index is 12.9. The van der Waals surface area contributed by atoms with Crippen molar-refractivity contribution in [2.24, 2.45) is 0 Å². The third-order valence-corrected chi connectivity index (χ3v) is 4.94. The largest absolute Gasteiger partial charge is 0.446 e. The Morgan fingerprint density at radius 3 is 2.03 bits per heavy atom. The Balaban J connectivity index is 2.28. The van der Waals surface area contributed by atoms with E-state index in [1.165, 1.54) is 0 Å². The van der Waals surface area contributed by atoms with Crippen molar-refractivity contribution in [1.29, 1.82) is 0 Å². The number of carbonyl (C=O) groups is 3. The molecule has 0 fully saturated rings. The molecule has 190 valence electrons. The molecule has 0 bridgehead atoms. The number of amides is 3. The van der Waals surface area contributed by atoms with Crippen LogP contribution in [-0.4, -0.2) is 41.5 Å². The molecule has 0 saturated heterocycles. The number of nitrogens with zero attached hydrogens (tertiary/aromatic N) is 1. The van der Waals surface area contributed by atoms with Gasteiger partial charge in [0.25, 0.3) is 0 Å². The molecule has 35 heavy (non-hydrogen) atoms. The molecule has 2 atom stereocenters. The van der Waals surface area contributed by atoms with Crippen LogP contribution in [0.25, 0.3) is 0 Å². The molecule has 9 nitrogen and oxygen atoms in total. The highest BCUT2D eigenvalue weighted by Crippen LogP contribution is 2.23. The highest BCUT2D eigenvalue weighted by Gasteiger charge is 2.33. The van der Waals surface area contributed by atoms with Crippen LogP contribution in [0.5, 0.6) is 0 Å². The van der Waals surface area contributed by atoms with E-state index >= 15 is 0 Å². The van der Waals surface area contributed by atoms with Gasteiger partial charge in [-0.15, -0.1) is 0 Å². The van der Waals surface area contributed by atoms with Crippen LogP contribution in [0.4, 0.5) is 14.4 Å². The Morgan fingerprint density at radius 1 is 0.857 bits per heavy atom. The number of ether oxygens (including phenoxy) is 3. The lowest BCUT2D eigenvalue weighted by molar-refractivity contribution is 0.0267. The van der Waals surface area contributed by atoms with E-state index in [0.29, 0.717) is 10.6 Å². The summed E-state index contributed by atoms with van der Waals surface area (Å²) in [5.74, 6) is 0. The predicted molar refractivity (Wildman–Crippen MR) is 132 cm³/mol. The zero-order valence-electron chi connectivity index (χ0n) is 20.5. The molecule has 2 aromatic carbocycles. The van der Waals surface area contributed by atoms with Crippen LogP contribution in [0, 0.1) is 0 Å². The van der Waals surface area contributed by atoms with E-state index in [2.05, 4.69) is 10.7 Å². The summed E-state index contributed by atoms with van der Waals surface area (Å²) in [6.45, 7) is 8.44. The molecular weight excluding hydrogens is 474 g/mol. The van der Waals surface area contributed by atoms with Crippen molar-refractivity contribution < 1.29 is 28.6 Å². The van der Waals surface area contributed by atoms with Crippen molar-refractivity contribution >= 4 is 29.9 Å². The molecule has 0 radical (unpaired) electrons. The van der Waals surface area contributed by atoms with Crippen molar-refractivity contribution in [2.45, 2.75) is 65.5 Å². The van der Waals surface area contributed by atoms with E-state index in [4.69, 9.17) is 25.8 Å². The highest BCUT2D eigenvalue weighted by molar-refractivity contribution is 6.30. The maximum absolute atomic E-state index is 12.9. The molecule has 0 aliphatic rings. The van der Waals surface area contributed by atoms with E-state index in [0.717, 1.165) is 10.6 Å².